The molecule has 1 aliphatic heterocycles. The number of thioether (sulfide) groups is 1. The van der Waals surface area contributed by atoms with Gasteiger partial charge in [-0.3, -0.25) is 4.79 Å². The van der Waals surface area contributed by atoms with Crippen molar-refractivity contribution in [2.75, 3.05) is 5.75 Å². The van der Waals surface area contributed by atoms with Gasteiger partial charge in [-0.1, -0.05) is 78.3 Å². The minimum absolute atomic E-state index is 0.168. The third-order valence-corrected chi connectivity index (χ3v) is 7.78. The minimum atomic E-state index is -1.08. The summed E-state index contributed by atoms with van der Waals surface area (Å²) in [5, 5.41) is 13.2. The first kappa shape index (κ1) is 26.6. The monoisotopic (exact) mass is 555 g/mol. The van der Waals surface area contributed by atoms with Crippen molar-refractivity contribution in [2.24, 2.45) is 0 Å². The van der Waals surface area contributed by atoms with Gasteiger partial charge < -0.3 is 15.2 Å². The van der Waals surface area contributed by atoms with Gasteiger partial charge in [0.05, 0.1) is 0 Å². The van der Waals surface area contributed by atoms with Gasteiger partial charge in [-0.2, -0.15) is 0 Å². The second-order valence-electron chi connectivity index (χ2n) is 9.20. The second-order valence-corrected chi connectivity index (χ2v) is 10.7. The first-order valence-electron chi connectivity index (χ1n) is 12.5. The molecule has 0 saturated heterocycles. The molecule has 39 heavy (non-hydrogen) atoms. The topological polar surface area (TPSA) is 75.6 Å². The fraction of sp³-hybridized carbons (Fsp3) is 0.125. The van der Waals surface area contributed by atoms with Gasteiger partial charge in [0.2, 0.25) is 5.91 Å². The molecule has 2 N–H and O–H groups in total. The maximum atomic E-state index is 13.0. The summed E-state index contributed by atoms with van der Waals surface area (Å²) < 4.78 is 5.81. The number of rotatable bonds is 9. The third-order valence-electron chi connectivity index (χ3n) is 6.41. The maximum Gasteiger partial charge on any atom is 0.326 e. The molecule has 7 heteroatoms. The standard InChI is InChI=1S/C32H26ClNO4S/c33-27-12-10-23(11-13-27)24-8-9-25-17-26(20-39-30(25)18-24)31(35)34-29(32(36)37)16-21-6-14-28(15-7-21)38-19-22-4-2-1-3-5-22/h1-15,17-18,29H,16,19-20H2,(H,34,35)(H,36,37)/t29-/m0/s1. The van der Waals surface area contributed by atoms with E-state index >= 15 is 0 Å². The molecule has 1 heterocycles. The van der Waals surface area contributed by atoms with Crippen molar-refractivity contribution < 1.29 is 19.4 Å². The molecule has 0 fully saturated rings. The Hall–Kier alpha value is -4.00. The molecule has 1 atom stereocenters. The molecule has 5 nitrogen and oxygen atoms in total. The van der Waals surface area contributed by atoms with Crippen LogP contribution < -0.4 is 10.1 Å². The smallest absolute Gasteiger partial charge is 0.326 e. The molecule has 0 spiro atoms. The van der Waals surface area contributed by atoms with Crippen LogP contribution >= 0.6 is 23.4 Å². The zero-order chi connectivity index (χ0) is 27.2. The van der Waals surface area contributed by atoms with Gasteiger partial charge in [0.25, 0.3) is 0 Å². The van der Waals surface area contributed by atoms with E-state index in [2.05, 4.69) is 11.4 Å². The molecular formula is C32H26ClNO4S. The maximum absolute atomic E-state index is 13.0. The lowest BCUT2D eigenvalue weighted by Gasteiger charge is -2.20. The van der Waals surface area contributed by atoms with Gasteiger partial charge in [0.1, 0.15) is 18.4 Å². The summed E-state index contributed by atoms with van der Waals surface area (Å²) in [5.74, 6) is -0.293. The second kappa shape index (κ2) is 12.2. The molecule has 0 saturated carbocycles. The highest BCUT2D eigenvalue weighted by molar-refractivity contribution is 7.99. The van der Waals surface area contributed by atoms with Crippen LogP contribution in [0.5, 0.6) is 5.75 Å². The van der Waals surface area contributed by atoms with E-state index in [1.54, 1.807) is 11.8 Å². The van der Waals surface area contributed by atoms with Crippen molar-refractivity contribution in [3.05, 3.63) is 124 Å². The molecule has 0 bridgehead atoms. The molecule has 1 aliphatic rings. The fourth-order valence-electron chi connectivity index (χ4n) is 4.27. The Balaban J connectivity index is 1.21. The first-order valence-corrected chi connectivity index (χ1v) is 13.8. The van der Waals surface area contributed by atoms with Gasteiger partial charge >= 0.3 is 5.97 Å². The average Bonchev–Trinajstić information content (AvgIpc) is 2.96. The van der Waals surface area contributed by atoms with E-state index in [1.807, 2.05) is 97.1 Å². The van der Waals surface area contributed by atoms with Crippen LogP contribution in [0.25, 0.3) is 17.2 Å². The van der Waals surface area contributed by atoms with Crippen LogP contribution in [0.4, 0.5) is 0 Å². The van der Waals surface area contributed by atoms with E-state index in [1.165, 1.54) is 0 Å². The highest BCUT2D eigenvalue weighted by Gasteiger charge is 2.24. The van der Waals surface area contributed by atoms with E-state index < -0.39 is 12.0 Å². The molecule has 0 aliphatic carbocycles. The van der Waals surface area contributed by atoms with E-state index in [-0.39, 0.29) is 12.3 Å². The van der Waals surface area contributed by atoms with Crippen LogP contribution in [-0.4, -0.2) is 28.8 Å². The predicted octanol–water partition coefficient (Wildman–Crippen LogP) is 6.89. The Kier molecular flexibility index (Phi) is 8.35. The van der Waals surface area contributed by atoms with Gasteiger partial charge in [-0.25, -0.2) is 4.79 Å². The Morgan fingerprint density at radius 2 is 1.62 bits per heavy atom. The Bertz CT molecular complexity index is 1500. The number of carboxylic acid groups (broad SMARTS) is 1. The number of ether oxygens (including phenoxy) is 1. The van der Waals surface area contributed by atoms with Crippen molar-refractivity contribution in [1.82, 2.24) is 5.32 Å². The zero-order valence-corrected chi connectivity index (χ0v) is 22.5. The Labute approximate surface area is 236 Å². The summed E-state index contributed by atoms with van der Waals surface area (Å²) in [6.45, 7) is 0.451. The molecular weight excluding hydrogens is 530 g/mol. The van der Waals surface area contributed by atoms with Crippen LogP contribution in [-0.2, 0) is 22.6 Å². The summed E-state index contributed by atoms with van der Waals surface area (Å²) in [6.07, 6.45) is 2.01. The fourth-order valence-corrected chi connectivity index (χ4v) is 5.42. The quantitative estimate of drug-likeness (QED) is 0.235. The van der Waals surface area contributed by atoms with Gasteiger partial charge in [-0.05, 0) is 64.2 Å². The van der Waals surface area contributed by atoms with Crippen molar-refractivity contribution >= 4 is 41.3 Å². The van der Waals surface area contributed by atoms with Crippen LogP contribution in [0.1, 0.15) is 16.7 Å². The van der Waals surface area contributed by atoms with Crippen molar-refractivity contribution in [3.8, 4) is 16.9 Å². The number of nitrogens with one attached hydrogen (secondary N) is 1. The average molecular weight is 556 g/mol. The van der Waals surface area contributed by atoms with Gasteiger partial charge in [0.15, 0.2) is 0 Å². The van der Waals surface area contributed by atoms with Crippen molar-refractivity contribution in [1.29, 1.82) is 0 Å². The van der Waals surface area contributed by atoms with E-state index in [0.29, 0.717) is 28.7 Å². The molecule has 0 unspecified atom stereocenters. The summed E-state index contributed by atoms with van der Waals surface area (Å²) in [5.41, 5.74) is 5.48. The lowest BCUT2D eigenvalue weighted by atomic mass is 10.0. The van der Waals surface area contributed by atoms with Crippen LogP contribution in [0, 0.1) is 0 Å². The summed E-state index contributed by atoms with van der Waals surface area (Å²) in [4.78, 5) is 26.1. The van der Waals surface area contributed by atoms with Gasteiger partial charge in [-0.15, -0.1) is 11.8 Å². The number of benzene rings is 4. The number of hydrogen-bond acceptors (Lipinski definition) is 4. The summed E-state index contributed by atoms with van der Waals surface area (Å²) >= 11 is 7.57. The predicted molar refractivity (Wildman–Crippen MR) is 156 cm³/mol. The number of fused-ring (bicyclic) bond motifs is 1. The Morgan fingerprint density at radius 3 is 2.33 bits per heavy atom. The first-order chi connectivity index (χ1) is 18.9. The summed E-state index contributed by atoms with van der Waals surface area (Å²) in [6, 6.07) is 29.9. The van der Waals surface area contributed by atoms with Crippen LogP contribution in [0.15, 0.2) is 108 Å². The lowest BCUT2D eigenvalue weighted by molar-refractivity contribution is -0.141. The number of carbonyl (C=O) groups excluding carboxylic acids is 1. The molecule has 4 aromatic rings. The highest BCUT2D eigenvalue weighted by Crippen LogP contribution is 2.35. The SMILES string of the molecule is O=C(N[C@@H](Cc1ccc(OCc2ccccc2)cc1)C(=O)O)C1=Cc2ccc(-c3ccc(Cl)cc3)cc2SC1. The molecule has 196 valence electrons. The number of aliphatic carboxylic acids is 1. The summed E-state index contributed by atoms with van der Waals surface area (Å²) in [7, 11) is 0. The minimum Gasteiger partial charge on any atom is -0.489 e. The van der Waals surface area contributed by atoms with E-state index in [0.717, 1.165) is 32.7 Å². The Morgan fingerprint density at radius 1 is 0.897 bits per heavy atom. The van der Waals surface area contributed by atoms with Crippen molar-refractivity contribution in [2.45, 2.75) is 24.0 Å². The number of carboxylic acids is 1. The number of hydrogen-bond donors (Lipinski definition) is 2. The largest absolute Gasteiger partial charge is 0.489 e. The van der Waals surface area contributed by atoms with Crippen LogP contribution in [0.2, 0.25) is 5.02 Å². The van der Waals surface area contributed by atoms with Crippen LogP contribution in [0.3, 0.4) is 0 Å². The molecule has 0 aromatic heterocycles. The molecule has 0 radical (unpaired) electrons. The van der Waals surface area contributed by atoms with Crippen molar-refractivity contribution in [3.63, 3.8) is 0 Å². The number of halogens is 1. The number of amides is 1. The van der Waals surface area contributed by atoms with Gasteiger partial charge in [0, 0.05) is 27.7 Å². The zero-order valence-electron chi connectivity index (χ0n) is 21.0. The molecule has 4 aromatic carbocycles. The molecule has 5 rings (SSSR count). The third kappa shape index (κ3) is 6.91. The normalized spacial score (nSPS) is 13.1. The lowest BCUT2D eigenvalue weighted by Crippen LogP contribution is -2.43. The van der Waals surface area contributed by atoms with E-state index in [4.69, 9.17) is 16.3 Å². The molecule has 1 amide bonds. The van der Waals surface area contributed by atoms with E-state index in [9.17, 15) is 14.7 Å². The highest BCUT2D eigenvalue weighted by atomic mass is 35.5. The number of carbonyl (C=O) groups is 2.